The summed E-state index contributed by atoms with van der Waals surface area (Å²) in [7, 11) is 0. The Hall–Kier alpha value is -2.27. The molecule has 3 nitrogen and oxygen atoms in total. The fourth-order valence-corrected chi connectivity index (χ4v) is 3.88. The zero-order valence-corrected chi connectivity index (χ0v) is 15.2. The first kappa shape index (κ1) is 18.5. The van der Waals surface area contributed by atoms with E-state index in [1.54, 1.807) is 0 Å². The van der Waals surface area contributed by atoms with Crippen LogP contribution in [0.2, 0.25) is 0 Å². The summed E-state index contributed by atoms with van der Waals surface area (Å²) in [4.78, 5) is 14.4. The third kappa shape index (κ3) is 3.78. The van der Waals surface area contributed by atoms with Crippen molar-refractivity contribution in [2.75, 3.05) is 11.4 Å². The molecule has 0 aromatic heterocycles. The molecule has 2 aromatic carbocycles. The van der Waals surface area contributed by atoms with Crippen LogP contribution in [0, 0.1) is 31.4 Å². The molecular weight excluding hydrogens is 334 g/mol. The topological polar surface area (TPSA) is 46.3 Å². The van der Waals surface area contributed by atoms with E-state index >= 15 is 0 Å². The van der Waals surface area contributed by atoms with Gasteiger partial charge in [-0.15, -0.1) is 0 Å². The Morgan fingerprint density at radius 2 is 1.85 bits per heavy atom. The van der Waals surface area contributed by atoms with Gasteiger partial charge in [0.15, 0.2) is 0 Å². The summed E-state index contributed by atoms with van der Waals surface area (Å²) in [6, 6.07) is 7.72. The number of amides is 1. The average Bonchev–Trinajstić information content (AvgIpc) is 2.59. The highest BCUT2D eigenvalue weighted by Crippen LogP contribution is 2.32. The maximum atomic E-state index is 14.0. The van der Waals surface area contributed by atoms with E-state index in [-0.39, 0.29) is 11.8 Å². The summed E-state index contributed by atoms with van der Waals surface area (Å²) in [6.07, 6.45) is 1.64. The number of carbonyl (C=O) groups excluding carboxylic acids is 1. The van der Waals surface area contributed by atoms with Crippen molar-refractivity contribution in [3.8, 4) is 0 Å². The van der Waals surface area contributed by atoms with Crippen molar-refractivity contribution in [1.29, 1.82) is 0 Å². The molecule has 1 atom stereocenters. The molecule has 1 saturated heterocycles. The fraction of sp³-hybridized carbons (Fsp3) is 0.381. The lowest BCUT2D eigenvalue weighted by Crippen LogP contribution is -2.41. The van der Waals surface area contributed by atoms with Crippen LogP contribution in [0.3, 0.4) is 0 Å². The molecule has 26 heavy (non-hydrogen) atoms. The highest BCUT2D eigenvalue weighted by atomic mass is 19.1. The van der Waals surface area contributed by atoms with E-state index in [1.807, 2.05) is 30.9 Å². The molecule has 2 aromatic rings. The Balaban J connectivity index is 1.84. The van der Waals surface area contributed by atoms with Crippen LogP contribution in [0.25, 0.3) is 0 Å². The van der Waals surface area contributed by atoms with Crippen molar-refractivity contribution in [1.82, 2.24) is 0 Å². The number of nitrogens with zero attached hydrogens (tertiary/aromatic N) is 1. The van der Waals surface area contributed by atoms with E-state index in [9.17, 15) is 13.6 Å². The fourth-order valence-electron chi connectivity index (χ4n) is 3.88. The summed E-state index contributed by atoms with van der Waals surface area (Å²) in [6.45, 7) is 4.97. The quantitative estimate of drug-likeness (QED) is 0.897. The van der Waals surface area contributed by atoms with Crippen molar-refractivity contribution in [3.05, 3.63) is 64.2 Å². The lowest BCUT2D eigenvalue weighted by atomic mass is 9.89. The molecule has 0 spiro atoms. The maximum absolute atomic E-state index is 14.0. The van der Waals surface area contributed by atoms with Gasteiger partial charge in [-0.25, -0.2) is 8.78 Å². The molecule has 1 amide bonds. The first-order valence-electron chi connectivity index (χ1n) is 8.93. The second-order valence-corrected chi connectivity index (χ2v) is 7.13. The number of piperidine rings is 1. The Morgan fingerprint density at radius 1 is 1.15 bits per heavy atom. The van der Waals surface area contributed by atoms with Crippen molar-refractivity contribution in [2.45, 2.75) is 39.7 Å². The number of benzene rings is 2. The summed E-state index contributed by atoms with van der Waals surface area (Å²) >= 11 is 0. The van der Waals surface area contributed by atoms with E-state index < -0.39 is 11.6 Å². The smallest absolute Gasteiger partial charge is 0.227 e. The SMILES string of the molecule is Cc1cc(CN)cc(C)c1N1CC(Cc2ccc(F)cc2F)CCC1=O. The zero-order valence-electron chi connectivity index (χ0n) is 15.2. The van der Waals surface area contributed by atoms with Gasteiger partial charge in [0.25, 0.3) is 0 Å². The van der Waals surface area contributed by atoms with Crippen LogP contribution in [-0.4, -0.2) is 12.5 Å². The molecule has 138 valence electrons. The third-order valence-corrected chi connectivity index (χ3v) is 5.09. The van der Waals surface area contributed by atoms with Crippen LogP contribution in [0.15, 0.2) is 30.3 Å². The number of hydrogen-bond acceptors (Lipinski definition) is 2. The van der Waals surface area contributed by atoms with E-state index in [1.165, 1.54) is 12.1 Å². The third-order valence-electron chi connectivity index (χ3n) is 5.09. The van der Waals surface area contributed by atoms with Gasteiger partial charge in [0.1, 0.15) is 11.6 Å². The maximum Gasteiger partial charge on any atom is 0.227 e. The van der Waals surface area contributed by atoms with Gasteiger partial charge in [0.05, 0.1) is 0 Å². The first-order chi connectivity index (χ1) is 12.4. The Kier molecular flexibility index (Phi) is 5.37. The standard InChI is InChI=1S/C21H24F2N2O/c1-13-7-16(11-24)8-14(2)21(13)25-12-15(3-6-20(25)26)9-17-4-5-18(22)10-19(17)23/h4-5,7-8,10,15H,3,6,9,11-12,24H2,1-2H3. The van der Waals surface area contributed by atoms with Crippen LogP contribution in [-0.2, 0) is 17.8 Å². The Bertz CT molecular complexity index is 812. The molecule has 0 bridgehead atoms. The summed E-state index contributed by atoms with van der Waals surface area (Å²) < 4.78 is 27.1. The van der Waals surface area contributed by atoms with Gasteiger partial charge in [0.2, 0.25) is 5.91 Å². The molecule has 0 aliphatic carbocycles. The molecule has 3 rings (SSSR count). The normalized spacial score (nSPS) is 17.7. The molecule has 5 heteroatoms. The second-order valence-electron chi connectivity index (χ2n) is 7.13. The predicted octanol–water partition coefficient (Wildman–Crippen LogP) is 4.03. The lowest BCUT2D eigenvalue weighted by molar-refractivity contribution is -0.120. The number of aryl methyl sites for hydroxylation is 2. The molecule has 1 aliphatic heterocycles. The number of nitrogens with two attached hydrogens (primary N) is 1. The van der Waals surface area contributed by atoms with Crippen LogP contribution in [0.1, 0.15) is 35.1 Å². The van der Waals surface area contributed by atoms with Crippen molar-refractivity contribution in [2.24, 2.45) is 11.7 Å². The van der Waals surface area contributed by atoms with Crippen molar-refractivity contribution in [3.63, 3.8) is 0 Å². The predicted molar refractivity (Wildman–Crippen MR) is 98.9 cm³/mol. The summed E-state index contributed by atoms with van der Waals surface area (Å²) in [5.41, 5.74) is 10.2. The molecule has 1 heterocycles. The van der Waals surface area contributed by atoms with E-state index in [0.29, 0.717) is 37.9 Å². The highest BCUT2D eigenvalue weighted by molar-refractivity contribution is 5.95. The summed E-state index contributed by atoms with van der Waals surface area (Å²) in [5, 5.41) is 0. The number of halogens is 2. The van der Waals surface area contributed by atoms with Gasteiger partial charge in [-0.1, -0.05) is 18.2 Å². The Morgan fingerprint density at radius 3 is 2.46 bits per heavy atom. The monoisotopic (exact) mass is 358 g/mol. The van der Waals surface area contributed by atoms with E-state index in [2.05, 4.69) is 0 Å². The van der Waals surface area contributed by atoms with Gasteiger partial charge in [0, 0.05) is 31.3 Å². The van der Waals surface area contributed by atoms with Crippen LogP contribution in [0.4, 0.5) is 14.5 Å². The van der Waals surface area contributed by atoms with Gasteiger partial charge in [-0.2, -0.15) is 0 Å². The number of anilines is 1. The second kappa shape index (κ2) is 7.54. The minimum Gasteiger partial charge on any atom is -0.326 e. The van der Waals surface area contributed by atoms with Gasteiger partial charge in [-0.05, 0) is 60.9 Å². The molecular formula is C21H24F2N2O. The minimum atomic E-state index is -0.571. The number of rotatable bonds is 4. The lowest BCUT2D eigenvalue weighted by Gasteiger charge is -2.35. The van der Waals surface area contributed by atoms with Crippen molar-refractivity contribution >= 4 is 11.6 Å². The molecule has 1 unspecified atom stereocenters. The molecule has 0 radical (unpaired) electrons. The molecule has 1 aliphatic rings. The molecule has 1 fully saturated rings. The van der Waals surface area contributed by atoms with Gasteiger partial charge < -0.3 is 10.6 Å². The van der Waals surface area contributed by atoms with E-state index in [4.69, 9.17) is 5.73 Å². The summed E-state index contributed by atoms with van der Waals surface area (Å²) in [5.74, 6) is -0.862. The Labute approximate surface area is 152 Å². The van der Waals surface area contributed by atoms with Crippen LogP contribution in [0.5, 0.6) is 0 Å². The van der Waals surface area contributed by atoms with Crippen LogP contribution < -0.4 is 10.6 Å². The first-order valence-corrected chi connectivity index (χ1v) is 8.93. The zero-order chi connectivity index (χ0) is 18.8. The average molecular weight is 358 g/mol. The largest absolute Gasteiger partial charge is 0.326 e. The van der Waals surface area contributed by atoms with Crippen LogP contribution >= 0.6 is 0 Å². The number of hydrogen-bond donors (Lipinski definition) is 1. The van der Waals surface area contributed by atoms with Crippen molar-refractivity contribution < 1.29 is 13.6 Å². The molecule has 2 N–H and O–H groups in total. The number of carbonyl (C=O) groups is 1. The van der Waals surface area contributed by atoms with E-state index in [0.717, 1.165) is 28.4 Å². The van der Waals surface area contributed by atoms with Gasteiger partial charge >= 0.3 is 0 Å². The minimum absolute atomic E-state index is 0.0903. The van der Waals surface area contributed by atoms with Gasteiger partial charge in [-0.3, -0.25) is 4.79 Å². The highest BCUT2D eigenvalue weighted by Gasteiger charge is 2.29. The molecule has 0 saturated carbocycles.